The lowest BCUT2D eigenvalue weighted by Gasteiger charge is -2.41. The molecule has 1 saturated heterocycles. The molecule has 1 aromatic rings. The van der Waals surface area contributed by atoms with Crippen LogP contribution in [-0.2, 0) is 0 Å². The number of hydrogen-bond acceptors (Lipinski definition) is 2. The number of piperazine rings is 1. The number of nitrogens with zero attached hydrogens (tertiary/aromatic N) is 1. The van der Waals surface area contributed by atoms with Crippen LogP contribution in [-0.4, -0.2) is 31.1 Å². The zero-order valence-electron chi connectivity index (χ0n) is 13.7. The van der Waals surface area contributed by atoms with Gasteiger partial charge in [-0.2, -0.15) is 0 Å². The van der Waals surface area contributed by atoms with E-state index in [-0.39, 0.29) is 0 Å². The van der Waals surface area contributed by atoms with Crippen molar-refractivity contribution in [2.75, 3.05) is 26.2 Å². The van der Waals surface area contributed by atoms with Gasteiger partial charge in [-0.15, -0.1) is 0 Å². The second kappa shape index (κ2) is 6.93. The minimum Gasteiger partial charge on any atom is -0.314 e. The number of aryl methyl sites for hydroxylation is 2. The number of hydrogen-bond donors (Lipinski definition) is 1. The van der Waals surface area contributed by atoms with Crippen LogP contribution < -0.4 is 5.32 Å². The summed E-state index contributed by atoms with van der Waals surface area (Å²) in [4.78, 5) is 2.75. The molecule has 1 aliphatic carbocycles. The van der Waals surface area contributed by atoms with E-state index in [9.17, 15) is 0 Å². The van der Waals surface area contributed by atoms with Crippen LogP contribution in [0.15, 0.2) is 18.2 Å². The molecule has 1 heterocycles. The van der Waals surface area contributed by atoms with Gasteiger partial charge in [0, 0.05) is 32.2 Å². The molecule has 0 bridgehead atoms. The molecule has 1 N–H and O–H groups in total. The van der Waals surface area contributed by atoms with Crippen LogP contribution in [0.1, 0.15) is 54.8 Å². The Balaban J connectivity index is 1.87. The normalized spacial score (nSPS) is 23.1. The molecule has 0 unspecified atom stereocenters. The Morgan fingerprint density at radius 2 is 1.71 bits per heavy atom. The summed E-state index contributed by atoms with van der Waals surface area (Å²) in [6, 6.07) is 7.81. The van der Waals surface area contributed by atoms with Crippen molar-refractivity contribution in [3.63, 3.8) is 0 Å². The SMILES string of the molecule is Cc1ccc([C@@H](C2CCCCC2)N2CCNCC2)cc1C. The standard InChI is InChI=1S/C19H30N2/c1-15-8-9-18(14-16(15)2)19(17-6-4-3-5-7-17)21-12-10-20-11-13-21/h8-9,14,17,19-20H,3-7,10-13H2,1-2H3/t19-/m1/s1. The Morgan fingerprint density at radius 3 is 2.38 bits per heavy atom. The minimum atomic E-state index is 0.645. The number of rotatable bonds is 3. The van der Waals surface area contributed by atoms with Crippen molar-refractivity contribution in [1.82, 2.24) is 10.2 Å². The van der Waals surface area contributed by atoms with Crippen LogP contribution in [0.5, 0.6) is 0 Å². The predicted octanol–water partition coefficient (Wildman–Crippen LogP) is 3.83. The largest absolute Gasteiger partial charge is 0.314 e. The van der Waals surface area contributed by atoms with Crippen molar-refractivity contribution in [1.29, 1.82) is 0 Å². The molecule has 2 nitrogen and oxygen atoms in total. The van der Waals surface area contributed by atoms with E-state index in [1.165, 1.54) is 56.3 Å². The molecule has 1 aliphatic heterocycles. The molecule has 0 aromatic heterocycles. The third-order valence-corrected chi connectivity index (χ3v) is 5.51. The molecular weight excluding hydrogens is 256 g/mol. The summed E-state index contributed by atoms with van der Waals surface area (Å²) in [7, 11) is 0. The van der Waals surface area contributed by atoms with E-state index in [0.29, 0.717) is 6.04 Å². The van der Waals surface area contributed by atoms with Crippen molar-refractivity contribution < 1.29 is 0 Å². The van der Waals surface area contributed by atoms with Crippen LogP contribution in [0.3, 0.4) is 0 Å². The topological polar surface area (TPSA) is 15.3 Å². The van der Waals surface area contributed by atoms with Crippen molar-refractivity contribution in [3.05, 3.63) is 34.9 Å². The van der Waals surface area contributed by atoms with Gasteiger partial charge in [-0.1, -0.05) is 37.5 Å². The molecule has 2 heteroatoms. The average molecular weight is 286 g/mol. The van der Waals surface area contributed by atoms with E-state index in [1.54, 1.807) is 5.56 Å². The molecule has 1 aromatic carbocycles. The Labute approximate surface area is 129 Å². The Kier molecular flexibility index (Phi) is 4.97. The molecular formula is C19H30N2. The molecule has 3 rings (SSSR count). The fraction of sp³-hybridized carbons (Fsp3) is 0.684. The van der Waals surface area contributed by atoms with E-state index in [2.05, 4.69) is 42.3 Å². The lowest BCUT2D eigenvalue weighted by atomic mass is 9.79. The van der Waals surface area contributed by atoms with Gasteiger partial charge in [0.2, 0.25) is 0 Å². The molecule has 0 amide bonds. The first-order valence-electron chi connectivity index (χ1n) is 8.77. The molecule has 1 atom stereocenters. The monoisotopic (exact) mass is 286 g/mol. The minimum absolute atomic E-state index is 0.645. The highest BCUT2D eigenvalue weighted by Gasteiger charge is 2.30. The fourth-order valence-electron chi connectivity index (χ4n) is 4.14. The third kappa shape index (κ3) is 3.49. The third-order valence-electron chi connectivity index (χ3n) is 5.51. The Hall–Kier alpha value is -0.860. The smallest absolute Gasteiger partial charge is 0.0377 e. The fourth-order valence-corrected chi connectivity index (χ4v) is 4.14. The summed E-state index contributed by atoms with van der Waals surface area (Å²) in [5.74, 6) is 0.860. The van der Waals surface area contributed by atoms with Crippen LogP contribution in [0, 0.1) is 19.8 Å². The van der Waals surface area contributed by atoms with Gasteiger partial charge in [0.1, 0.15) is 0 Å². The quantitative estimate of drug-likeness (QED) is 0.908. The molecule has 116 valence electrons. The van der Waals surface area contributed by atoms with Crippen molar-refractivity contribution in [2.24, 2.45) is 5.92 Å². The van der Waals surface area contributed by atoms with Gasteiger partial charge in [-0.25, -0.2) is 0 Å². The average Bonchev–Trinajstić information content (AvgIpc) is 2.53. The number of nitrogens with one attached hydrogen (secondary N) is 1. The molecule has 2 fully saturated rings. The Bertz CT molecular complexity index is 439. The maximum atomic E-state index is 3.50. The number of benzene rings is 1. The van der Waals surface area contributed by atoms with E-state index in [1.807, 2.05) is 0 Å². The first kappa shape index (κ1) is 15.1. The van der Waals surface area contributed by atoms with Gasteiger partial charge < -0.3 is 5.32 Å². The highest BCUT2D eigenvalue weighted by molar-refractivity contribution is 5.32. The van der Waals surface area contributed by atoms with Gasteiger partial charge in [0.15, 0.2) is 0 Å². The van der Waals surface area contributed by atoms with Gasteiger partial charge >= 0.3 is 0 Å². The highest BCUT2D eigenvalue weighted by Crippen LogP contribution is 2.38. The molecule has 0 spiro atoms. The zero-order chi connectivity index (χ0) is 14.7. The van der Waals surface area contributed by atoms with Crippen LogP contribution in [0.2, 0.25) is 0 Å². The van der Waals surface area contributed by atoms with E-state index in [4.69, 9.17) is 0 Å². The van der Waals surface area contributed by atoms with Gasteiger partial charge in [-0.05, 0) is 49.3 Å². The summed E-state index contributed by atoms with van der Waals surface area (Å²) < 4.78 is 0. The van der Waals surface area contributed by atoms with Gasteiger partial charge in [0.25, 0.3) is 0 Å². The summed E-state index contributed by atoms with van der Waals surface area (Å²) in [5, 5.41) is 3.50. The van der Waals surface area contributed by atoms with Crippen LogP contribution in [0.25, 0.3) is 0 Å². The maximum Gasteiger partial charge on any atom is 0.0377 e. The van der Waals surface area contributed by atoms with Gasteiger partial charge in [0.05, 0.1) is 0 Å². The maximum absolute atomic E-state index is 3.50. The van der Waals surface area contributed by atoms with Crippen LogP contribution >= 0.6 is 0 Å². The molecule has 21 heavy (non-hydrogen) atoms. The second-order valence-electron chi connectivity index (χ2n) is 6.97. The van der Waals surface area contributed by atoms with Crippen LogP contribution in [0.4, 0.5) is 0 Å². The van der Waals surface area contributed by atoms with Crippen molar-refractivity contribution in [2.45, 2.75) is 52.0 Å². The highest BCUT2D eigenvalue weighted by atomic mass is 15.2. The zero-order valence-corrected chi connectivity index (χ0v) is 13.7. The van der Waals surface area contributed by atoms with Crippen molar-refractivity contribution >= 4 is 0 Å². The summed E-state index contributed by atoms with van der Waals surface area (Å²) in [5.41, 5.74) is 4.43. The predicted molar refractivity (Wildman–Crippen MR) is 89.7 cm³/mol. The van der Waals surface area contributed by atoms with Gasteiger partial charge in [-0.3, -0.25) is 4.90 Å². The lowest BCUT2D eigenvalue weighted by molar-refractivity contribution is 0.103. The van der Waals surface area contributed by atoms with Crippen molar-refractivity contribution in [3.8, 4) is 0 Å². The molecule has 0 radical (unpaired) electrons. The second-order valence-corrected chi connectivity index (χ2v) is 6.97. The summed E-state index contributed by atoms with van der Waals surface area (Å²) in [6.07, 6.45) is 7.14. The van der Waals surface area contributed by atoms with E-state index < -0.39 is 0 Å². The summed E-state index contributed by atoms with van der Waals surface area (Å²) in [6.45, 7) is 9.18. The van der Waals surface area contributed by atoms with E-state index in [0.717, 1.165) is 19.0 Å². The Morgan fingerprint density at radius 1 is 1.00 bits per heavy atom. The molecule has 1 saturated carbocycles. The molecule has 2 aliphatic rings. The summed E-state index contributed by atoms with van der Waals surface area (Å²) >= 11 is 0. The van der Waals surface area contributed by atoms with E-state index >= 15 is 0 Å². The lowest BCUT2D eigenvalue weighted by Crippen LogP contribution is -2.47. The first-order chi connectivity index (χ1) is 10.3. The first-order valence-corrected chi connectivity index (χ1v) is 8.77.